The molecule has 5 N–H and O–H groups in total. The lowest BCUT2D eigenvalue weighted by Crippen LogP contribution is -2.36. The number of aromatic nitrogens is 1. The van der Waals surface area contributed by atoms with Crippen LogP contribution in [0.15, 0.2) is 24.4 Å². The highest BCUT2D eigenvalue weighted by molar-refractivity contribution is 5.84. The van der Waals surface area contributed by atoms with Gasteiger partial charge < -0.3 is 21.1 Å². The molecule has 2 fully saturated rings. The van der Waals surface area contributed by atoms with Crippen LogP contribution in [0.5, 0.6) is 0 Å². The zero-order chi connectivity index (χ0) is 16.6. The first-order chi connectivity index (χ1) is 11.6. The highest BCUT2D eigenvalue weighted by Crippen LogP contribution is 2.38. The van der Waals surface area contributed by atoms with Gasteiger partial charge in [0.1, 0.15) is 0 Å². The zero-order valence-corrected chi connectivity index (χ0v) is 14.4. The first-order valence-electron chi connectivity index (χ1n) is 9.46. The lowest BCUT2D eigenvalue weighted by Gasteiger charge is -2.35. The largest absolute Gasteiger partial charge is 0.385 e. The number of hydrogen-bond donors (Lipinski definition) is 4. The van der Waals surface area contributed by atoms with Gasteiger partial charge in [0.2, 0.25) is 0 Å². The number of nitrogens with one attached hydrogen (secondary N) is 2. The predicted molar refractivity (Wildman–Crippen MR) is 98.0 cm³/mol. The van der Waals surface area contributed by atoms with Crippen molar-refractivity contribution in [3.05, 3.63) is 35.5 Å². The average molecular weight is 327 g/mol. The number of benzene rings is 1. The van der Waals surface area contributed by atoms with Gasteiger partial charge in [-0.05, 0) is 81.2 Å². The molecule has 130 valence electrons. The summed E-state index contributed by atoms with van der Waals surface area (Å²) in [4.78, 5) is 3.39. The number of aromatic amines is 1. The Morgan fingerprint density at radius 3 is 2.79 bits per heavy atom. The van der Waals surface area contributed by atoms with Crippen LogP contribution >= 0.6 is 0 Å². The van der Waals surface area contributed by atoms with Crippen LogP contribution in [0.25, 0.3) is 10.9 Å². The molecule has 1 unspecified atom stereocenters. The smallest absolute Gasteiger partial charge is 0.0898 e. The molecule has 4 heteroatoms. The number of nitrogens with two attached hydrogens (primary N) is 1. The molecule has 2 aromatic rings. The summed E-state index contributed by atoms with van der Waals surface area (Å²) < 4.78 is 0. The van der Waals surface area contributed by atoms with E-state index in [9.17, 15) is 5.11 Å². The second-order valence-corrected chi connectivity index (χ2v) is 7.78. The third-order valence-electron chi connectivity index (χ3n) is 6.09. The van der Waals surface area contributed by atoms with E-state index in [1.54, 1.807) is 0 Å². The second-order valence-electron chi connectivity index (χ2n) is 7.78. The first kappa shape index (κ1) is 16.1. The summed E-state index contributed by atoms with van der Waals surface area (Å²) in [5.41, 5.74) is 8.91. The van der Waals surface area contributed by atoms with Crippen LogP contribution < -0.4 is 11.1 Å². The Morgan fingerprint density at radius 2 is 2.04 bits per heavy atom. The van der Waals surface area contributed by atoms with Gasteiger partial charge in [-0.3, -0.25) is 0 Å². The van der Waals surface area contributed by atoms with Crippen molar-refractivity contribution in [2.75, 3.05) is 6.54 Å². The molecule has 2 aliphatic rings. The molecule has 0 amide bonds. The summed E-state index contributed by atoms with van der Waals surface area (Å²) in [6.45, 7) is 1.16. The van der Waals surface area contributed by atoms with Crippen molar-refractivity contribution in [2.45, 2.75) is 69.1 Å². The minimum atomic E-state index is -0.703. The first-order valence-corrected chi connectivity index (χ1v) is 9.46. The molecule has 1 aromatic carbocycles. The Balaban J connectivity index is 1.56. The number of aliphatic hydroxyl groups is 1. The summed E-state index contributed by atoms with van der Waals surface area (Å²) in [5.74, 6) is 0. The molecule has 0 spiro atoms. The van der Waals surface area contributed by atoms with Crippen LogP contribution in [0.4, 0.5) is 0 Å². The van der Waals surface area contributed by atoms with Gasteiger partial charge in [0.25, 0.3) is 0 Å². The van der Waals surface area contributed by atoms with Crippen molar-refractivity contribution in [1.82, 2.24) is 10.3 Å². The number of H-pyrrole nitrogens is 1. The molecule has 1 aromatic heterocycles. The van der Waals surface area contributed by atoms with Crippen LogP contribution in [-0.4, -0.2) is 28.7 Å². The maximum Gasteiger partial charge on any atom is 0.0898 e. The van der Waals surface area contributed by atoms with Crippen LogP contribution in [0.1, 0.15) is 56.1 Å². The van der Waals surface area contributed by atoms with Gasteiger partial charge in [-0.2, -0.15) is 0 Å². The molecule has 1 saturated heterocycles. The van der Waals surface area contributed by atoms with Crippen molar-refractivity contribution in [1.29, 1.82) is 0 Å². The van der Waals surface area contributed by atoms with E-state index >= 15 is 0 Å². The van der Waals surface area contributed by atoms with E-state index in [0.717, 1.165) is 44.2 Å². The summed E-state index contributed by atoms with van der Waals surface area (Å²) in [6, 6.07) is 7.32. The summed E-state index contributed by atoms with van der Waals surface area (Å²) in [5, 5.41) is 15.9. The minimum absolute atomic E-state index is 0.246. The van der Waals surface area contributed by atoms with Crippen molar-refractivity contribution < 1.29 is 5.11 Å². The fraction of sp³-hybridized carbons (Fsp3) is 0.600. The van der Waals surface area contributed by atoms with Crippen molar-refractivity contribution in [3.63, 3.8) is 0 Å². The van der Waals surface area contributed by atoms with E-state index in [0.29, 0.717) is 6.04 Å². The molecule has 1 atom stereocenters. The van der Waals surface area contributed by atoms with Gasteiger partial charge >= 0.3 is 0 Å². The summed E-state index contributed by atoms with van der Waals surface area (Å²) in [7, 11) is 0. The molecular formula is C20H29N3O. The standard InChI is InChI=1S/C20H29N3O/c21-16-7-9-20(24,10-8-16)15-4-6-19-18(12-15)14(13-23-19)3-5-17-2-1-11-22-17/h4,6,12-13,16-17,22-24H,1-3,5,7-11,21H2. The number of aryl methyl sites for hydroxylation is 1. The predicted octanol–water partition coefficient (Wildman–Crippen LogP) is 2.94. The van der Waals surface area contributed by atoms with Gasteiger partial charge in [0, 0.05) is 29.2 Å². The fourth-order valence-corrected chi connectivity index (χ4v) is 4.41. The number of hydrogen-bond acceptors (Lipinski definition) is 3. The van der Waals surface area contributed by atoms with Crippen LogP contribution in [0, 0.1) is 0 Å². The van der Waals surface area contributed by atoms with Gasteiger partial charge in [-0.25, -0.2) is 0 Å². The van der Waals surface area contributed by atoms with E-state index in [4.69, 9.17) is 5.73 Å². The Hall–Kier alpha value is -1.36. The Bertz CT molecular complexity index is 694. The maximum atomic E-state index is 11.1. The Kier molecular flexibility index (Phi) is 4.37. The average Bonchev–Trinajstić information content (AvgIpc) is 3.24. The van der Waals surface area contributed by atoms with Gasteiger partial charge in [-0.1, -0.05) is 6.07 Å². The van der Waals surface area contributed by atoms with E-state index in [1.807, 2.05) is 0 Å². The zero-order valence-electron chi connectivity index (χ0n) is 14.4. The van der Waals surface area contributed by atoms with Crippen molar-refractivity contribution in [2.24, 2.45) is 5.73 Å². The lowest BCUT2D eigenvalue weighted by molar-refractivity contribution is -0.00484. The molecule has 4 rings (SSSR count). The molecule has 4 nitrogen and oxygen atoms in total. The van der Waals surface area contributed by atoms with E-state index < -0.39 is 5.60 Å². The highest BCUT2D eigenvalue weighted by atomic mass is 16.3. The fourth-order valence-electron chi connectivity index (χ4n) is 4.41. The van der Waals surface area contributed by atoms with Crippen LogP contribution in [0.3, 0.4) is 0 Å². The van der Waals surface area contributed by atoms with Crippen molar-refractivity contribution >= 4 is 10.9 Å². The third kappa shape index (κ3) is 3.10. The van der Waals surface area contributed by atoms with E-state index in [1.165, 1.54) is 35.7 Å². The third-order valence-corrected chi connectivity index (χ3v) is 6.09. The van der Waals surface area contributed by atoms with Gasteiger partial charge in [-0.15, -0.1) is 0 Å². The molecule has 2 heterocycles. The topological polar surface area (TPSA) is 74.1 Å². The molecular weight excluding hydrogens is 298 g/mol. The Morgan fingerprint density at radius 1 is 1.21 bits per heavy atom. The van der Waals surface area contributed by atoms with Crippen molar-refractivity contribution in [3.8, 4) is 0 Å². The quantitative estimate of drug-likeness (QED) is 0.697. The summed E-state index contributed by atoms with van der Waals surface area (Å²) >= 11 is 0. The molecule has 24 heavy (non-hydrogen) atoms. The Labute approximate surface area is 143 Å². The molecule has 1 saturated carbocycles. The SMILES string of the molecule is NC1CCC(O)(c2ccc3[nH]cc(CCC4CCCN4)c3c2)CC1. The van der Waals surface area contributed by atoms with Gasteiger partial charge in [0.05, 0.1) is 5.60 Å². The second kappa shape index (κ2) is 6.51. The highest BCUT2D eigenvalue weighted by Gasteiger charge is 2.34. The molecule has 1 aliphatic heterocycles. The normalized spacial score (nSPS) is 30.9. The van der Waals surface area contributed by atoms with Crippen LogP contribution in [0.2, 0.25) is 0 Å². The monoisotopic (exact) mass is 327 g/mol. The number of rotatable bonds is 4. The minimum Gasteiger partial charge on any atom is -0.385 e. The number of fused-ring (bicyclic) bond motifs is 1. The molecule has 1 aliphatic carbocycles. The van der Waals surface area contributed by atoms with Crippen LogP contribution in [-0.2, 0) is 12.0 Å². The lowest BCUT2D eigenvalue weighted by atomic mass is 9.77. The molecule has 0 radical (unpaired) electrons. The maximum absolute atomic E-state index is 11.1. The van der Waals surface area contributed by atoms with E-state index in [2.05, 4.69) is 34.7 Å². The molecule has 0 bridgehead atoms. The van der Waals surface area contributed by atoms with E-state index in [-0.39, 0.29) is 6.04 Å². The van der Waals surface area contributed by atoms with Gasteiger partial charge in [0.15, 0.2) is 0 Å². The summed E-state index contributed by atoms with van der Waals surface area (Å²) in [6.07, 6.45) is 10.4.